The molecule has 2 aromatic carbocycles. The van der Waals surface area contributed by atoms with Crippen LogP contribution in [0.5, 0.6) is 0 Å². The van der Waals surface area contributed by atoms with Gasteiger partial charge in [-0.05, 0) is 42.2 Å². The third kappa shape index (κ3) is 8.03. The minimum atomic E-state index is -1.45. The molecular weight excluding hydrogens is 524 g/mol. The van der Waals surface area contributed by atoms with Gasteiger partial charge in [-0.3, -0.25) is 14.5 Å². The minimum absolute atomic E-state index is 0.0521. The molecule has 5 amide bonds. The van der Waals surface area contributed by atoms with Crippen LogP contribution in [0, 0.1) is 5.41 Å². The van der Waals surface area contributed by atoms with Crippen molar-refractivity contribution >= 4 is 23.9 Å². The topological polar surface area (TPSA) is 133 Å². The van der Waals surface area contributed by atoms with Crippen molar-refractivity contribution in [3.8, 4) is 0 Å². The first-order valence-electron chi connectivity index (χ1n) is 13.7. The lowest BCUT2D eigenvalue weighted by molar-refractivity contribution is 0.0712. The summed E-state index contributed by atoms with van der Waals surface area (Å²) in [6.07, 6.45) is 1.78. The van der Waals surface area contributed by atoms with Crippen LogP contribution < -0.4 is 5.32 Å². The molecule has 1 aromatic heterocycles. The molecule has 1 heterocycles. The van der Waals surface area contributed by atoms with Crippen molar-refractivity contribution in [3.05, 3.63) is 89.6 Å². The van der Waals surface area contributed by atoms with Crippen LogP contribution in [0.15, 0.2) is 71.3 Å². The molecule has 0 aliphatic heterocycles. The molecule has 1 saturated carbocycles. The van der Waals surface area contributed by atoms with Crippen LogP contribution in [0.4, 0.5) is 9.59 Å². The summed E-state index contributed by atoms with van der Waals surface area (Å²) in [5.41, 5.74) is 1.82. The quantitative estimate of drug-likeness (QED) is 0.331. The van der Waals surface area contributed by atoms with E-state index >= 15 is 0 Å². The van der Waals surface area contributed by atoms with E-state index in [4.69, 9.17) is 4.42 Å². The number of carbonyl (C=O) groups is 4. The van der Waals surface area contributed by atoms with E-state index in [1.165, 1.54) is 0 Å². The van der Waals surface area contributed by atoms with Gasteiger partial charge >= 0.3 is 18.0 Å². The number of aryl methyl sites for hydroxylation is 1. The summed E-state index contributed by atoms with van der Waals surface area (Å²) < 4.78 is 5.33. The fourth-order valence-electron chi connectivity index (χ4n) is 4.49. The van der Waals surface area contributed by atoms with Crippen molar-refractivity contribution < 1.29 is 28.7 Å². The number of benzene rings is 2. The van der Waals surface area contributed by atoms with E-state index in [9.17, 15) is 24.3 Å². The molecule has 2 atom stereocenters. The number of carboxylic acid groups (broad SMARTS) is 1. The number of nitrogens with zero attached hydrogens (tertiary/aromatic N) is 3. The minimum Gasteiger partial charge on any atom is -0.465 e. The first kappa shape index (κ1) is 29.5. The summed E-state index contributed by atoms with van der Waals surface area (Å²) in [6, 6.07) is 18.4. The molecular formula is C31H36N4O6. The molecule has 1 fully saturated rings. The highest BCUT2D eigenvalue weighted by Crippen LogP contribution is 2.40. The maximum absolute atomic E-state index is 13.5. The molecule has 0 radical (unpaired) electrons. The summed E-state index contributed by atoms with van der Waals surface area (Å²) >= 11 is 0. The Balaban J connectivity index is 1.46. The van der Waals surface area contributed by atoms with Gasteiger partial charge in [0.05, 0.1) is 0 Å². The number of rotatable bonds is 10. The number of hydrogen-bond acceptors (Lipinski definition) is 6. The average molecular weight is 561 g/mol. The highest BCUT2D eigenvalue weighted by atomic mass is 16.4. The number of urea groups is 1. The molecule has 0 unspecified atom stereocenters. The third-order valence-electron chi connectivity index (χ3n) is 6.97. The Kier molecular flexibility index (Phi) is 9.21. The molecule has 0 saturated heterocycles. The molecule has 10 nitrogen and oxygen atoms in total. The normalized spacial score (nSPS) is 16.1. The van der Waals surface area contributed by atoms with Gasteiger partial charge in [-0.25, -0.2) is 14.5 Å². The van der Waals surface area contributed by atoms with Crippen molar-refractivity contribution in [1.82, 2.24) is 20.1 Å². The molecule has 10 heteroatoms. The number of hydrogen-bond donors (Lipinski definition) is 2. The first-order valence-corrected chi connectivity index (χ1v) is 13.7. The Hall–Kier alpha value is -4.47. The monoisotopic (exact) mass is 560 g/mol. The summed E-state index contributed by atoms with van der Waals surface area (Å²) in [5.74, 6) is -1.64. The molecule has 1 aliphatic rings. The number of aromatic nitrogens is 1. The second-order valence-electron chi connectivity index (χ2n) is 11.4. The van der Waals surface area contributed by atoms with Crippen molar-refractivity contribution in [3.63, 3.8) is 0 Å². The Morgan fingerprint density at radius 2 is 1.63 bits per heavy atom. The van der Waals surface area contributed by atoms with Crippen LogP contribution >= 0.6 is 0 Å². The summed E-state index contributed by atoms with van der Waals surface area (Å²) in [6.45, 7) is 5.66. The fraction of sp³-hybridized carbons (Fsp3) is 0.387. The van der Waals surface area contributed by atoms with Gasteiger partial charge in [0.2, 0.25) is 0 Å². The zero-order valence-electron chi connectivity index (χ0n) is 23.6. The lowest BCUT2D eigenvalue weighted by Crippen LogP contribution is -2.49. The molecule has 2 N–H and O–H groups in total. The highest BCUT2D eigenvalue weighted by molar-refractivity contribution is 6.05. The molecule has 216 valence electrons. The summed E-state index contributed by atoms with van der Waals surface area (Å²) in [5, 5.41) is 12.7. The highest BCUT2D eigenvalue weighted by Gasteiger charge is 2.40. The van der Waals surface area contributed by atoms with Crippen molar-refractivity contribution in [1.29, 1.82) is 0 Å². The molecule has 0 spiro atoms. The standard InChI is InChI=1S/C31H36N4O6/c1-31(2,3)16-18-35(30(39)40)29(38)34(17-10-13-21-11-6-4-7-12-21)28(37)27-33-25(20-41-27)26(36)32-24-19-23(24)22-14-8-5-9-15-22/h4-9,11-12,14-15,20,23-24H,10,13,16-19H2,1-3H3,(H,32,36)(H,39,40)/t23-,24-/m0/s1. The smallest absolute Gasteiger partial charge is 0.415 e. The Morgan fingerprint density at radius 3 is 2.27 bits per heavy atom. The van der Waals surface area contributed by atoms with Crippen LogP contribution in [0.3, 0.4) is 0 Å². The van der Waals surface area contributed by atoms with Gasteiger partial charge in [0, 0.05) is 25.0 Å². The van der Waals surface area contributed by atoms with E-state index < -0.39 is 29.8 Å². The molecule has 3 aromatic rings. The van der Waals surface area contributed by atoms with E-state index in [1.807, 2.05) is 81.4 Å². The van der Waals surface area contributed by atoms with E-state index in [-0.39, 0.29) is 36.2 Å². The molecule has 0 bridgehead atoms. The lowest BCUT2D eigenvalue weighted by atomic mass is 9.92. The van der Waals surface area contributed by atoms with Gasteiger partial charge in [0.25, 0.3) is 11.8 Å². The predicted molar refractivity (Wildman–Crippen MR) is 152 cm³/mol. The van der Waals surface area contributed by atoms with E-state index in [1.54, 1.807) is 0 Å². The SMILES string of the molecule is CC(C)(C)CCN(C(=O)O)C(=O)N(CCCc1ccccc1)C(=O)c1nc(C(=O)N[C@H]2C[C@H]2c2ccccc2)co1. The summed E-state index contributed by atoms with van der Waals surface area (Å²) in [4.78, 5) is 57.2. The zero-order valence-corrected chi connectivity index (χ0v) is 23.6. The number of carbonyl (C=O) groups excluding carboxylic acids is 3. The van der Waals surface area contributed by atoms with Gasteiger partial charge in [-0.2, -0.15) is 4.98 Å². The van der Waals surface area contributed by atoms with Crippen molar-refractivity contribution in [2.45, 2.75) is 58.4 Å². The van der Waals surface area contributed by atoms with Gasteiger partial charge in [0.1, 0.15) is 6.26 Å². The second-order valence-corrected chi connectivity index (χ2v) is 11.4. The van der Waals surface area contributed by atoms with Crippen molar-refractivity contribution in [2.75, 3.05) is 13.1 Å². The van der Waals surface area contributed by atoms with Crippen LogP contribution in [0.2, 0.25) is 0 Å². The molecule has 1 aliphatic carbocycles. The number of imide groups is 2. The second kappa shape index (κ2) is 12.8. The average Bonchev–Trinajstić information content (AvgIpc) is 3.52. The number of amides is 5. The molecule has 4 rings (SSSR count). The maximum Gasteiger partial charge on any atom is 0.415 e. The number of oxazole rings is 1. The van der Waals surface area contributed by atoms with Crippen LogP contribution in [0.25, 0.3) is 0 Å². The van der Waals surface area contributed by atoms with Crippen LogP contribution in [-0.4, -0.2) is 63.0 Å². The van der Waals surface area contributed by atoms with E-state index in [0.717, 1.165) is 28.7 Å². The van der Waals surface area contributed by atoms with Gasteiger partial charge in [-0.1, -0.05) is 81.4 Å². The van der Waals surface area contributed by atoms with E-state index in [0.29, 0.717) is 24.2 Å². The lowest BCUT2D eigenvalue weighted by Gasteiger charge is -2.28. The van der Waals surface area contributed by atoms with Gasteiger partial charge in [-0.15, -0.1) is 0 Å². The largest absolute Gasteiger partial charge is 0.465 e. The van der Waals surface area contributed by atoms with Crippen molar-refractivity contribution in [2.24, 2.45) is 5.41 Å². The van der Waals surface area contributed by atoms with E-state index in [2.05, 4.69) is 10.3 Å². The third-order valence-corrected chi connectivity index (χ3v) is 6.97. The fourth-order valence-corrected chi connectivity index (χ4v) is 4.49. The predicted octanol–water partition coefficient (Wildman–Crippen LogP) is 5.57. The first-order chi connectivity index (χ1) is 19.5. The summed E-state index contributed by atoms with van der Waals surface area (Å²) in [7, 11) is 0. The van der Waals surface area contributed by atoms with Gasteiger partial charge < -0.3 is 14.8 Å². The number of nitrogens with one attached hydrogen (secondary N) is 1. The van der Waals surface area contributed by atoms with Crippen LogP contribution in [-0.2, 0) is 6.42 Å². The van der Waals surface area contributed by atoms with Crippen LogP contribution in [0.1, 0.15) is 78.3 Å². The Morgan fingerprint density at radius 1 is 0.976 bits per heavy atom. The zero-order chi connectivity index (χ0) is 29.6. The Labute approximate surface area is 239 Å². The molecule has 41 heavy (non-hydrogen) atoms. The maximum atomic E-state index is 13.5. The van der Waals surface area contributed by atoms with Gasteiger partial charge in [0.15, 0.2) is 5.69 Å². The Bertz CT molecular complexity index is 1370.